The van der Waals surface area contributed by atoms with Gasteiger partial charge in [0.05, 0.1) is 23.2 Å². The lowest BCUT2D eigenvalue weighted by molar-refractivity contribution is 0.0461. The van der Waals surface area contributed by atoms with E-state index >= 15 is 0 Å². The fraction of sp³-hybridized carbons (Fsp3) is 0.227. The molecule has 4 aromatic rings. The fourth-order valence-electron chi connectivity index (χ4n) is 3.41. The van der Waals surface area contributed by atoms with Gasteiger partial charge in [0.15, 0.2) is 12.4 Å². The molecule has 0 unspecified atom stereocenters. The highest BCUT2D eigenvalue weighted by atomic mass is 32.1. The van der Waals surface area contributed by atoms with Gasteiger partial charge >= 0.3 is 17.6 Å². The Morgan fingerprint density at radius 1 is 1.12 bits per heavy atom. The number of H-pyrrole nitrogens is 1. The molecular formula is C22H21N5O5S. The van der Waals surface area contributed by atoms with E-state index in [0.717, 1.165) is 17.0 Å². The number of hydrogen-bond donors (Lipinski definition) is 2. The molecule has 0 aliphatic rings. The van der Waals surface area contributed by atoms with Crippen LogP contribution in [0.5, 0.6) is 0 Å². The fourth-order valence-corrected chi connectivity index (χ4v) is 4.51. The highest BCUT2D eigenvalue weighted by Crippen LogP contribution is 2.33. The van der Waals surface area contributed by atoms with Gasteiger partial charge in [0.25, 0.3) is 0 Å². The minimum Gasteiger partial charge on any atom is -0.462 e. The van der Waals surface area contributed by atoms with Crippen LogP contribution in [0.3, 0.4) is 0 Å². The summed E-state index contributed by atoms with van der Waals surface area (Å²) >= 11 is 1.16. The SMILES string of the molecule is CCOC(=O)c1sc2nc(COC(=O)c3ccc(-n4c(C)c[nH]c4=O)cc3)nc(N)c2c1C. The summed E-state index contributed by atoms with van der Waals surface area (Å²) in [6.45, 7) is 5.36. The number of nitrogens with zero attached hydrogens (tertiary/aromatic N) is 3. The number of fused-ring (bicyclic) bond motifs is 1. The Morgan fingerprint density at radius 2 is 1.85 bits per heavy atom. The largest absolute Gasteiger partial charge is 0.462 e. The molecule has 0 amide bonds. The van der Waals surface area contributed by atoms with Gasteiger partial charge in [0, 0.05) is 11.9 Å². The number of nitrogens with two attached hydrogens (primary N) is 1. The first-order valence-corrected chi connectivity index (χ1v) is 10.9. The van der Waals surface area contributed by atoms with Gasteiger partial charge in [-0.15, -0.1) is 11.3 Å². The van der Waals surface area contributed by atoms with Crippen LogP contribution in [0, 0.1) is 13.8 Å². The Balaban J connectivity index is 1.50. The van der Waals surface area contributed by atoms with Gasteiger partial charge in [0.2, 0.25) is 0 Å². The first-order chi connectivity index (χ1) is 15.8. The molecule has 3 heterocycles. The second-order valence-corrected chi connectivity index (χ2v) is 8.17. The number of nitrogens with one attached hydrogen (secondary N) is 1. The molecule has 0 spiro atoms. The number of benzene rings is 1. The summed E-state index contributed by atoms with van der Waals surface area (Å²) in [5.74, 6) is -0.592. The normalized spacial score (nSPS) is 11.0. The second kappa shape index (κ2) is 8.87. The third kappa shape index (κ3) is 4.22. The van der Waals surface area contributed by atoms with Crippen molar-refractivity contribution in [2.24, 2.45) is 0 Å². The molecule has 3 aromatic heterocycles. The molecular weight excluding hydrogens is 446 g/mol. The molecule has 0 bridgehead atoms. The van der Waals surface area contributed by atoms with Crippen molar-refractivity contribution in [2.45, 2.75) is 27.4 Å². The molecule has 0 saturated carbocycles. The predicted molar refractivity (Wildman–Crippen MR) is 123 cm³/mol. The Kier molecular flexibility index (Phi) is 5.97. The lowest BCUT2D eigenvalue weighted by atomic mass is 10.2. The molecule has 0 aliphatic heterocycles. The maximum atomic E-state index is 12.5. The zero-order chi connectivity index (χ0) is 23.7. The second-order valence-electron chi connectivity index (χ2n) is 7.18. The van der Waals surface area contributed by atoms with Crippen molar-refractivity contribution in [3.8, 4) is 5.69 Å². The van der Waals surface area contributed by atoms with Crippen LogP contribution in [0.2, 0.25) is 0 Å². The van der Waals surface area contributed by atoms with Crippen molar-refractivity contribution >= 4 is 39.3 Å². The van der Waals surface area contributed by atoms with Gasteiger partial charge < -0.3 is 20.2 Å². The molecule has 3 N–H and O–H groups in total. The molecule has 11 heteroatoms. The van der Waals surface area contributed by atoms with Crippen LogP contribution in [0.4, 0.5) is 5.82 Å². The van der Waals surface area contributed by atoms with E-state index in [1.54, 1.807) is 51.2 Å². The first kappa shape index (κ1) is 22.2. The maximum Gasteiger partial charge on any atom is 0.348 e. The van der Waals surface area contributed by atoms with Gasteiger partial charge in [-0.3, -0.25) is 4.57 Å². The smallest absolute Gasteiger partial charge is 0.348 e. The number of esters is 2. The lowest BCUT2D eigenvalue weighted by Crippen LogP contribution is -2.16. The van der Waals surface area contributed by atoms with E-state index in [0.29, 0.717) is 31.9 Å². The van der Waals surface area contributed by atoms with Crippen LogP contribution in [0.1, 0.15) is 44.0 Å². The summed E-state index contributed by atoms with van der Waals surface area (Å²) in [5, 5.41) is 0.587. The van der Waals surface area contributed by atoms with Crippen LogP contribution < -0.4 is 11.4 Å². The predicted octanol–water partition coefficient (Wildman–Crippen LogP) is 2.90. The number of imidazole rings is 1. The third-order valence-corrected chi connectivity index (χ3v) is 6.14. The highest BCUT2D eigenvalue weighted by Gasteiger charge is 2.21. The van der Waals surface area contributed by atoms with Crippen molar-refractivity contribution in [1.29, 1.82) is 0 Å². The molecule has 0 radical (unpaired) electrons. The Morgan fingerprint density at radius 3 is 2.48 bits per heavy atom. The summed E-state index contributed by atoms with van der Waals surface area (Å²) in [6, 6.07) is 6.46. The number of anilines is 1. The van der Waals surface area contributed by atoms with Gasteiger partial charge in [-0.25, -0.2) is 24.4 Å². The van der Waals surface area contributed by atoms with Gasteiger partial charge in [-0.05, 0) is 50.6 Å². The van der Waals surface area contributed by atoms with E-state index in [4.69, 9.17) is 15.2 Å². The molecule has 33 heavy (non-hydrogen) atoms. The number of rotatable bonds is 6. The van der Waals surface area contributed by atoms with E-state index in [9.17, 15) is 14.4 Å². The summed E-state index contributed by atoms with van der Waals surface area (Å²) < 4.78 is 11.9. The van der Waals surface area contributed by atoms with Crippen molar-refractivity contribution in [3.63, 3.8) is 0 Å². The van der Waals surface area contributed by atoms with Crippen molar-refractivity contribution in [2.75, 3.05) is 12.3 Å². The van der Waals surface area contributed by atoms with Crippen LogP contribution in [-0.4, -0.2) is 38.1 Å². The quantitative estimate of drug-likeness (QED) is 0.412. The van der Waals surface area contributed by atoms with E-state index in [-0.39, 0.29) is 30.5 Å². The van der Waals surface area contributed by atoms with Crippen molar-refractivity contribution < 1.29 is 19.1 Å². The number of aryl methyl sites for hydroxylation is 2. The highest BCUT2D eigenvalue weighted by molar-refractivity contribution is 7.20. The van der Waals surface area contributed by atoms with Crippen LogP contribution in [-0.2, 0) is 16.1 Å². The standard InChI is InChI=1S/C22H21N5O5S/c1-4-31-21(29)17-12(3)16-18(23)25-15(26-19(16)33-17)10-32-20(28)13-5-7-14(8-6-13)27-11(2)9-24-22(27)30/h5-9H,4,10H2,1-3H3,(H,24,30)(H2,23,25,26). The summed E-state index contributed by atoms with van der Waals surface area (Å²) in [5.41, 5.74) is 8.16. The Hall–Kier alpha value is -3.99. The molecule has 0 aliphatic carbocycles. The van der Waals surface area contributed by atoms with Crippen LogP contribution in [0.15, 0.2) is 35.3 Å². The molecule has 10 nitrogen and oxygen atoms in total. The number of nitrogen functional groups attached to an aromatic ring is 1. The Bertz CT molecular complexity index is 1420. The third-order valence-electron chi connectivity index (χ3n) is 4.98. The number of hydrogen-bond acceptors (Lipinski definition) is 9. The van der Waals surface area contributed by atoms with Crippen molar-refractivity contribution in [3.05, 3.63) is 68.5 Å². The van der Waals surface area contributed by atoms with Crippen LogP contribution >= 0.6 is 11.3 Å². The minimum atomic E-state index is -0.573. The monoisotopic (exact) mass is 467 g/mol. The van der Waals surface area contributed by atoms with E-state index in [1.165, 1.54) is 4.57 Å². The van der Waals surface area contributed by atoms with E-state index < -0.39 is 11.9 Å². The topological polar surface area (TPSA) is 142 Å². The molecule has 4 rings (SSSR count). The minimum absolute atomic E-state index is 0.192. The first-order valence-electron chi connectivity index (χ1n) is 10.1. The number of aromatic nitrogens is 4. The molecule has 0 fully saturated rings. The van der Waals surface area contributed by atoms with Gasteiger partial charge in [-0.2, -0.15) is 0 Å². The molecule has 170 valence electrons. The van der Waals surface area contributed by atoms with E-state index in [1.807, 2.05) is 0 Å². The number of carbonyl (C=O) groups is 2. The number of carbonyl (C=O) groups excluding carboxylic acids is 2. The molecule has 0 atom stereocenters. The molecule has 0 saturated heterocycles. The average molecular weight is 468 g/mol. The summed E-state index contributed by atoms with van der Waals surface area (Å²) in [7, 11) is 0. The van der Waals surface area contributed by atoms with Gasteiger partial charge in [0.1, 0.15) is 15.5 Å². The molecule has 1 aromatic carbocycles. The summed E-state index contributed by atoms with van der Waals surface area (Å²) in [6.07, 6.45) is 1.61. The van der Waals surface area contributed by atoms with Crippen LogP contribution in [0.25, 0.3) is 15.9 Å². The summed E-state index contributed by atoms with van der Waals surface area (Å²) in [4.78, 5) is 48.7. The number of thiophene rings is 1. The number of aromatic amines is 1. The lowest BCUT2D eigenvalue weighted by Gasteiger charge is -2.07. The van der Waals surface area contributed by atoms with Crippen molar-refractivity contribution in [1.82, 2.24) is 19.5 Å². The zero-order valence-electron chi connectivity index (χ0n) is 18.2. The zero-order valence-corrected chi connectivity index (χ0v) is 19.0. The van der Waals surface area contributed by atoms with Gasteiger partial charge in [-0.1, -0.05) is 0 Å². The maximum absolute atomic E-state index is 12.5. The van der Waals surface area contributed by atoms with E-state index in [2.05, 4.69) is 15.0 Å². The number of ether oxygens (including phenoxy) is 2. The Labute approximate surface area is 192 Å². The average Bonchev–Trinajstić information content (AvgIpc) is 3.31.